The van der Waals surface area contributed by atoms with Crippen LogP contribution in [0.15, 0.2) is 0 Å². The molecule has 0 aliphatic heterocycles. The van der Waals surface area contributed by atoms with E-state index >= 15 is 0 Å². The first-order valence-corrected chi connectivity index (χ1v) is 5.44. The van der Waals surface area contributed by atoms with Gasteiger partial charge in [0.25, 0.3) is 0 Å². The Kier molecular flexibility index (Phi) is 8.88. The zero-order valence-corrected chi connectivity index (χ0v) is 8.94. The Morgan fingerprint density at radius 1 is 1.09 bits per heavy atom. The van der Waals surface area contributed by atoms with E-state index in [1.54, 1.807) is 0 Å². The van der Waals surface area contributed by atoms with E-state index in [9.17, 15) is 0 Å². The Morgan fingerprint density at radius 3 is 2.18 bits per heavy atom. The van der Waals surface area contributed by atoms with Crippen LogP contribution >= 0.6 is 15.9 Å². The zero-order chi connectivity index (χ0) is 8.53. The fourth-order valence-electron chi connectivity index (χ4n) is 1.07. The van der Waals surface area contributed by atoms with E-state index in [4.69, 9.17) is 5.11 Å². The number of halogens is 1. The van der Waals surface area contributed by atoms with Gasteiger partial charge in [-0.15, -0.1) is 0 Å². The summed E-state index contributed by atoms with van der Waals surface area (Å²) in [4.78, 5) is 0.667. The van der Waals surface area contributed by atoms with Gasteiger partial charge >= 0.3 is 0 Å². The maximum Gasteiger partial charge on any atom is 0.0431 e. The summed E-state index contributed by atoms with van der Waals surface area (Å²) in [6.07, 6.45) is 7.35. The molecule has 0 aromatic heterocycles. The highest BCUT2D eigenvalue weighted by molar-refractivity contribution is 9.09. The van der Waals surface area contributed by atoms with E-state index in [-0.39, 0.29) is 0 Å². The third-order valence-corrected chi connectivity index (χ3v) is 2.22. The average molecular weight is 223 g/mol. The minimum atomic E-state index is 0.356. The molecule has 1 N–H and O–H groups in total. The van der Waals surface area contributed by atoms with Gasteiger partial charge in [-0.25, -0.2) is 0 Å². The first kappa shape index (κ1) is 11.4. The van der Waals surface area contributed by atoms with Crippen LogP contribution in [0.1, 0.15) is 45.4 Å². The van der Waals surface area contributed by atoms with Crippen molar-refractivity contribution in [2.45, 2.75) is 50.3 Å². The summed E-state index contributed by atoms with van der Waals surface area (Å²) in [5.74, 6) is 0. The summed E-state index contributed by atoms with van der Waals surface area (Å²) in [5.41, 5.74) is 0. The van der Waals surface area contributed by atoms with Gasteiger partial charge in [0.05, 0.1) is 0 Å². The molecule has 0 radical (unpaired) electrons. The van der Waals surface area contributed by atoms with Gasteiger partial charge in [-0.3, -0.25) is 0 Å². The maximum atomic E-state index is 8.50. The zero-order valence-electron chi connectivity index (χ0n) is 7.35. The van der Waals surface area contributed by atoms with Crippen LogP contribution < -0.4 is 0 Å². The van der Waals surface area contributed by atoms with Gasteiger partial charge in [0, 0.05) is 11.4 Å². The fraction of sp³-hybridized carbons (Fsp3) is 1.00. The molecule has 0 saturated heterocycles. The van der Waals surface area contributed by atoms with Crippen molar-refractivity contribution in [3.8, 4) is 0 Å². The van der Waals surface area contributed by atoms with E-state index < -0.39 is 0 Å². The van der Waals surface area contributed by atoms with Crippen molar-refractivity contribution in [3.63, 3.8) is 0 Å². The van der Waals surface area contributed by atoms with Crippen LogP contribution in [0.3, 0.4) is 0 Å². The normalized spacial score (nSPS) is 13.4. The Hall–Kier alpha value is 0.440. The van der Waals surface area contributed by atoms with Crippen LogP contribution in [-0.2, 0) is 0 Å². The number of alkyl halides is 1. The lowest BCUT2D eigenvalue weighted by Crippen LogP contribution is -1.89. The maximum absolute atomic E-state index is 8.50. The molecule has 68 valence electrons. The van der Waals surface area contributed by atoms with Crippen molar-refractivity contribution in [1.29, 1.82) is 0 Å². The molecule has 0 heterocycles. The lowest BCUT2D eigenvalue weighted by Gasteiger charge is -2.01. The summed E-state index contributed by atoms with van der Waals surface area (Å²) in [6, 6.07) is 0. The summed E-state index contributed by atoms with van der Waals surface area (Å²) in [6.45, 7) is 2.54. The standard InChI is InChI=1S/C9H19BrO/c1-9(10)7-5-3-2-4-6-8-11/h9,11H,2-8H2,1H3/t9-/m0/s1. The second kappa shape index (κ2) is 8.54. The predicted molar refractivity (Wildman–Crippen MR) is 53.2 cm³/mol. The molecule has 0 amide bonds. The minimum absolute atomic E-state index is 0.356. The van der Waals surface area contributed by atoms with Crippen LogP contribution in [-0.4, -0.2) is 16.5 Å². The highest BCUT2D eigenvalue weighted by Gasteiger charge is 1.94. The van der Waals surface area contributed by atoms with E-state index in [0.29, 0.717) is 11.4 Å². The van der Waals surface area contributed by atoms with Crippen LogP contribution in [0.5, 0.6) is 0 Å². The van der Waals surface area contributed by atoms with Crippen molar-refractivity contribution in [3.05, 3.63) is 0 Å². The summed E-state index contributed by atoms with van der Waals surface area (Å²) in [7, 11) is 0. The minimum Gasteiger partial charge on any atom is -0.396 e. The Bertz CT molecular complexity index is 74.0. The molecular weight excluding hydrogens is 204 g/mol. The van der Waals surface area contributed by atoms with Crippen molar-refractivity contribution in [2.24, 2.45) is 0 Å². The van der Waals surface area contributed by atoms with E-state index in [1.165, 1.54) is 32.1 Å². The second-order valence-electron chi connectivity index (χ2n) is 3.06. The molecule has 1 nitrogen and oxygen atoms in total. The molecule has 1 atom stereocenters. The molecule has 0 saturated carbocycles. The monoisotopic (exact) mass is 222 g/mol. The fourth-order valence-corrected chi connectivity index (χ4v) is 1.39. The third kappa shape index (κ3) is 10.4. The van der Waals surface area contributed by atoms with Gasteiger partial charge in [0.1, 0.15) is 0 Å². The quantitative estimate of drug-likeness (QED) is 0.519. The van der Waals surface area contributed by atoms with Crippen molar-refractivity contribution in [1.82, 2.24) is 0 Å². The second-order valence-corrected chi connectivity index (χ2v) is 4.62. The van der Waals surface area contributed by atoms with Gasteiger partial charge < -0.3 is 5.11 Å². The highest BCUT2D eigenvalue weighted by Crippen LogP contribution is 2.11. The molecule has 2 heteroatoms. The Morgan fingerprint density at radius 2 is 1.64 bits per heavy atom. The molecule has 0 aromatic carbocycles. The summed E-state index contributed by atoms with van der Waals surface area (Å²) < 4.78 is 0. The molecule has 0 aromatic rings. The molecular formula is C9H19BrO. The van der Waals surface area contributed by atoms with Crippen LogP contribution in [0.4, 0.5) is 0 Å². The van der Waals surface area contributed by atoms with Gasteiger partial charge in [0.2, 0.25) is 0 Å². The molecule has 0 aliphatic carbocycles. The average Bonchev–Trinajstić information content (AvgIpc) is 1.96. The SMILES string of the molecule is C[C@H](Br)CCCCCCCO. The first-order chi connectivity index (χ1) is 5.27. The number of aliphatic hydroxyl groups is 1. The molecule has 0 unspecified atom stereocenters. The lowest BCUT2D eigenvalue weighted by molar-refractivity contribution is 0.282. The van der Waals surface area contributed by atoms with Gasteiger partial charge in [-0.2, -0.15) is 0 Å². The predicted octanol–water partition coefficient (Wildman–Crippen LogP) is 3.10. The van der Waals surface area contributed by atoms with E-state index in [1.807, 2.05) is 0 Å². The van der Waals surface area contributed by atoms with Crippen LogP contribution in [0, 0.1) is 0 Å². The molecule has 0 bridgehead atoms. The Labute approximate surface area is 78.3 Å². The van der Waals surface area contributed by atoms with Crippen LogP contribution in [0.25, 0.3) is 0 Å². The smallest absolute Gasteiger partial charge is 0.0431 e. The van der Waals surface area contributed by atoms with Crippen molar-refractivity contribution in [2.75, 3.05) is 6.61 Å². The van der Waals surface area contributed by atoms with Crippen LogP contribution in [0.2, 0.25) is 0 Å². The number of hydrogen-bond donors (Lipinski definition) is 1. The molecule has 0 fully saturated rings. The molecule has 0 spiro atoms. The topological polar surface area (TPSA) is 20.2 Å². The molecule has 0 rings (SSSR count). The summed E-state index contributed by atoms with van der Waals surface area (Å²) >= 11 is 3.52. The van der Waals surface area contributed by atoms with Crippen molar-refractivity contribution < 1.29 is 5.11 Å². The first-order valence-electron chi connectivity index (χ1n) is 4.52. The van der Waals surface area contributed by atoms with E-state index in [2.05, 4.69) is 22.9 Å². The largest absolute Gasteiger partial charge is 0.396 e. The molecule has 0 aliphatic rings. The Balaban J connectivity index is 2.80. The van der Waals surface area contributed by atoms with E-state index in [0.717, 1.165) is 6.42 Å². The van der Waals surface area contributed by atoms with Gasteiger partial charge in [-0.1, -0.05) is 48.5 Å². The third-order valence-electron chi connectivity index (χ3n) is 1.76. The molecule has 11 heavy (non-hydrogen) atoms. The van der Waals surface area contributed by atoms with Crippen molar-refractivity contribution >= 4 is 15.9 Å². The number of unbranched alkanes of at least 4 members (excludes halogenated alkanes) is 4. The lowest BCUT2D eigenvalue weighted by atomic mass is 10.1. The van der Waals surface area contributed by atoms with Gasteiger partial charge in [0.15, 0.2) is 0 Å². The number of hydrogen-bond acceptors (Lipinski definition) is 1. The highest BCUT2D eigenvalue weighted by atomic mass is 79.9. The summed E-state index contributed by atoms with van der Waals surface area (Å²) in [5, 5.41) is 8.50. The number of rotatable bonds is 7. The van der Waals surface area contributed by atoms with Gasteiger partial charge in [-0.05, 0) is 12.8 Å². The number of aliphatic hydroxyl groups excluding tert-OH is 1.